The van der Waals surface area contributed by atoms with Gasteiger partial charge in [-0.25, -0.2) is 0 Å². The molecular formula is C8H14N2O. The minimum Gasteiger partial charge on any atom is -0.399 e. The molecule has 1 aliphatic heterocycles. The van der Waals surface area contributed by atoms with Crippen LogP contribution in [0.5, 0.6) is 0 Å². The maximum Gasteiger partial charge on any atom is 0.106 e. The lowest BCUT2D eigenvalue weighted by molar-refractivity contribution is 0.215. The van der Waals surface area contributed by atoms with Gasteiger partial charge in [0.05, 0.1) is 6.21 Å². The van der Waals surface area contributed by atoms with Crippen LogP contribution in [0.4, 0.5) is 0 Å². The quantitative estimate of drug-likeness (QED) is 0.435. The summed E-state index contributed by atoms with van der Waals surface area (Å²) in [6.07, 6.45) is 5.03. The first-order chi connectivity index (χ1) is 5.33. The van der Waals surface area contributed by atoms with Crippen LogP contribution in [0.15, 0.2) is 16.8 Å². The van der Waals surface area contributed by atoms with E-state index in [4.69, 9.17) is 0 Å². The van der Waals surface area contributed by atoms with Gasteiger partial charge in [-0.3, -0.25) is 0 Å². The van der Waals surface area contributed by atoms with Gasteiger partial charge in [0.1, 0.15) is 7.11 Å². The van der Waals surface area contributed by atoms with Crippen LogP contribution in [0.2, 0.25) is 0 Å². The van der Waals surface area contributed by atoms with E-state index >= 15 is 0 Å². The molecule has 0 aliphatic carbocycles. The maximum atomic E-state index is 4.59. The van der Waals surface area contributed by atoms with Gasteiger partial charge in [-0.05, 0) is 19.0 Å². The first-order valence-corrected chi connectivity index (χ1v) is 3.77. The van der Waals surface area contributed by atoms with Crippen LogP contribution in [-0.2, 0) is 4.84 Å². The second kappa shape index (κ2) is 4.13. The number of nitrogens with zero attached hydrogens (tertiary/aromatic N) is 2. The lowest BCUT2D eigenvalue weighted by Gasteiger charge is -2.19. The number of oxime groups is 1. The zero-order chi connectivity index (χ0) is 8.10. The summed E-state index contributed by atoms with van der Waals surface area (Å²) in [5.41, 5.74) is 1.27. The van der Waals surface area contributed by atoms with E-state index in [0.29, 0.717) is 0 Å². The van der Waals surface area contributed by atoms with Gasteiger partial charge in [0.15, 0.2) is 0 Å². The molecule has 0 amide bonds. The molecule has 3 heteroatoms. The summed E-state index contributed by atoms with van der Waals surface area (Å²) in [5.74, 6) is 0. The molecule has 0 aromatic carbocycles. The Balaban J connectivity index is 2.41. The van der Waals surface area contributed by atoms with Crippen LogP contribution in [0.1, 0.15) is 6.42 Å². The third-order valence-corrected chi connectivity index (χ3v) is 1.77. The summed E-state index contributed by atoms with van der Waals surface area (Å²) in [4.78, 5) is 6.85. The zero-order valence-corrected chi connectivity index (χ0v) is 7.08. The van der Waals surface area contributed by atoms with Gasteiger partial charge in [-0.1, -0.05) is 11.2 Å². The molecule has 1 rings (SSSR count). The third-order valence-electron chi connectivity index (χ3n) is 1.77. The van der Waals surface area contributed by atoms with E-state index < -0.39 is 0 Å². The van der Waals surface area contributed by atoms with Crippen molar-refractivity contribution < 1.29 is 4.84 Å². The van der Waals surface area contributed by atoms with Crippen molar-refractivity contribution >= 4 is 6.21 Å². The smallest absolute Gasteiger partial charge is 0.106 e. The summed E-state index contributed by atoms with van der Waals surface area (Å²) in [6, 6.07) is 0. The van der Waals surface area contributed by atoms with Crippen LogP contribution in [-0.4, -0.2) is 38.4 Å². The average molecular weight is 154 g/mol. The fourth-order valence-electron chi connectivity index (χ4n) is 1.02. The highest BCUT2D eigenvalue weighted by Crippen LogP contribution is 2.06. The molecule has 0 aromatic heterocycles. The predicted molar refractivity (Wildman–Crippen MR) is 45.7 cm³/mol. The summed E-state index contributed by atoms with van der Waals surface area (Å²) < 4.78 is 0. The lowest BCUT2D eigenvalue weighted by atomic mass is 10.1. The molecule has 1 aliphatic rings. The third kappa shape index (κ3) is 2.72. The molecule has 0 bridgehead atoms. The van der Waals surface area contributed by atoms with Crippen molar-refractivity contribution in [3.8, 4) is 0 Å². The highest BCUT2D eigenvalue weighted by atomic mass is 16.6. The van der Waals surface area contributed by atoms with Crippen molar-refractivity contribution in [1.82, 2.24) is 4.90 Å². The average Bonchev–Trinajstić information content (AvgIpc) is 2.04. The van der Waals surface area contributed by atoms with E-state index in [-0.39, 0.29) is 0 Å². The Bertz CT molecular complexity index is 175. The molecule has 0 saturated heterocycles. The van der Waals surface area contributed by atoms with E-state index in [1.165, 1.54) is 5.57 Å². The van der Waals surface area contributed by atoms with Crippen molar-refractivity contribution in [2.45, 2.75) is 6.42 Å². The summed E-state index contributed by atoms with van der Waals surface area (Å²) in [7, 11) is 3.67. The highest BCUT2D eigenvalue weighted by molar-refractivity contribution is 5.78. The van der Waals surface area contributed by atoms with E-state index in [1.807, 2.05) is 0 Å². The largest absolute Gasteiger partial charge is 0.399 e. The Morgan fingerprint density at radius 3 is 3.09 bits per heavy atom. The Kier molecular flexibility index (Phi) is 3.11. The lowest BCUT2D eigenvalue weighted by Crippen LogP contribution is -2.24. The minimum absolute atomic E-state index is 1.02. The number of hydrogen-bond acceptors (Lipinski definition) is 3. The Hall–Kier alpha value is -0.830. The molecule has 0 atom stereocenters. The molecule has 0 N–H and O–H groups in total. The second-order valence-electron chi connectivity index (χ2n) is 2.71. The monoisotopic (exact) mass is 154 g/mol. The van der Waals surface area contributed by atoms with E-state index in [9.17, 15) is 0 Å². The normalized spacial score (nSPS) is 20.4. The van der Waals surface area contributed by atoms with Crippen molar-refractivity contribution in [2.24, 2.45) is 5.16 Å². The van der Waals surface area contributed by atoms with Crippen molar-refractivity contribution in [1.29, 1.82) is 0 Å². The summed E-state index contributed by atoms with van der Waals surface area (Å²) >= 11 is 0. The minimum atomic E-state index is 1.02. The van der Waals surface area contributed by atoms with Gasteiger partial charge in [-0.2, -0.15) is 0 Å². The van der Waals surface area contributed by atoms with E-state index in [0.717, 1.165) is 19.5 Å². The van der Waals surface area contributed by atoms with Crippen molar-refractivity contribution in [3.63, 3.8) is 0 Å². The van der Waals surface area contributed by atoms with Crippen molar-refractivity contribution in [2.75, 3.05) is 27.2 Å². The Labute approximate surface area is 67.3 Å². The van der Waals surface area contributed by atoms with Crippen LogP contribution in [0.25, 0.3) is 0 Å². The van der Waals surface area contributed by atoms with Crippen molar-refractivity contribution in [3.05, 3.63) is 11.6 Å². The fourth-order valence-corrected chi connectivity index (χ4v) is 1.02. The molecule has 11 heavy (non-hydrogen) atoms. The Morgan fingerprint density at radius 2 is 2.55 bits per heavy atom. The van der Waals surface area contributed by atoms with Gasteiger partial charge in [0.25, 0.3) is 0 Å². The molecule has 1 heterocycles. The van der Waals surface area contributed by atoms with E-state index in [1.54, 1.807) is 13.3 Å². The first-order valence-electron chi connectivity index (χ1n) is 3.77. The topological polar surface area (TPSA) is 24.8 Å². The standard InChI is InChI=1S/C8H14N2O/c1-10-5-3-8(4-6-10)7-9-11-2/h3,7H,4-6H2,1-2H3/b9-7+. The molecule has 0 fully saturated rings. The SMILES string of the molecule is CO/N=C/C1=CCN(C)CC1. The van der Waals surface area contributed by atoms with Gasteiger partial charge in [0, 0.05) is 13.1 Å². The van der Waals surface area contributed by atoms with Gasteiger partial charge >= 0.3 is 0 Å². The molecular weight excluding hydrogens is 140 g/mol. The number of hydrogen-bond donors (Lipinski definition) is 0. The van der Waals surface area contributed by atoms with Crippen LogP contribution >= 0.6 is 0 Å². The molecule has 0 radical (unpaired) electrons. The molecule has 0 unspecified atom stereocenters. The van der Waals surface area contributed by atoms with Gasteiger partial charge < -0.3 is 9.74 Å². The summed E-state index contributed by atoms with van der Waals surface area (Å²) in [5, 5.41) is 3.71. The maximum absolute atomic E-state index is 4.59. The molecule has 62 valence electrons. The highest BCUT2D eigenvalue weighted by Gasteiger charge is 2.04. The first kappa shape index (κ1) is 8.27. The number of likely N-dealkylation sites (N-methyl/N-ethyl adjacent to an activating group) is 1. The summed E-state index contributed by atoms with van der Waals surface area (Å²) in [6.45, 7) is 2.13. The number of rotatable bonds is 2. The van der Waals surface area contributed by atoms with Crippen LogP contribution in [0.3, 0.4) is 0 Å². The van der Waals surface area contributed by atoms with Crippen LogP contribution < -0.4 is 0 Å². The molecule has 0 spiro atoms. The second-order valence-corrected chi connectivity index (χ2v) is 2.71. The fraction of sp³-hybridized carbons (Fsp3) is 0.625. The van der Waals surface area contributed by atoms with Gasteiger partial charge in [0.2, 0.25) is 0 Å². The predicted octanol–water partition coefficient (Wildman–Crippen LogP) is 0.881. The van der Waals surface area contributed by atoms with Crippen LogP contribution in [0, 0.1) is 0 Å². The zero-order valence-electron chi connectivity index (χ0n) is 7.08. The molecule has 3 nitrogen and oxygen atoms in total. The molecule has 0 saturated carbocycles. The Morgan fingerprint density at radius 1 is 1.73 bits per heavy atom. The van der Waals surface area contributed by atoms with Gasteiger partial charge in [-0.15, -0.1) is 0 Å². The molecule has 0 aromatic rings. The van der Waals surface area contributed by atoms with E-state index in [2.05, 4.69) is 28.0 Å².